The molecule has 0 radical (unpaired) electrons. The zero-order valence-corrected chi connectivity index (χ0v) is 25.7. The van der Waals surface area contributed by atoms with Gasteiger partial charge in [0.15, 0.2) is 28.1 Å². The summed E-state index contributed by atoms with van der Waals surface area (Å²) in [5.41, 5.74) is 4.16. The number of carbonyl (C=O) groups is 4. The Morgan fingerprint density at radius 3 is 2.67 bits per heavy atom. The van der Waals surface area contributed by atoms with Gasteiger partial charge in [0.05, 0.1) is 6.20 Å². The van der Waals surface area contributed by atoms with E-state index in [0.717, 1.165) is 28.0 Å². The van der Waals surface area contributed by atoms with E-state index in [2.05, 4.69) is 20.4 Å². The Bertz CT molecular complexity index is 1770. The monoisotopic (exact) mass is 676 g/mol. The number of aliphatic carboxylic acids is 2. The molecular formula is C26H24N6O10S3. The number of rotatable bonds is 11. The summed E-state index contributed by atoms with van der Waals surface area (Å²) in [6, 6.07) is 3.03. The molecule has 4 heterocycles. The molecule has 0 spiro atoms. The van der Waals surface area contributed by atoms with E-state index < -0.39 is 46.5 Å². The molecule has 1 aromatic carbocycles. The summed E-state index contributed by atoms with van der Waals surface area (Å²) >= 11 is 3.35. The first-order chi connectivity index (χ1) is 21.3. The molecule has 236 valence electrons. The van der Waals surface area contributed by atoms with Crippen LogP contribution in [0.2, 0.25) is 0 Å². The van der Waals surface area contributed by atoms with E-state index in [-0.39, 0.29) is 44.8 Å². The van der Waals surface area contributed by atoms with Gasteiger partial charge in [-0.3, -0.25) is 14.5 Å². The molecule has 2 aromatic heterocycles. The molecule has 19 heteroatoms. The van der Waals surface area contributed by atoms with Crippen LogP contribution in [0.1, 0.15) is 19.5 Å². The third-order valence-corrected chi connectivity index (χ3v) is 9.45. The number of fused-ring (bicyclic) bond motifs is 1. The number of oxime groups is 1. The predicted octanol–water partition coefficient (Wildman–Crippen LogP) is 1.91. The highest BCUT2D eigenvalue weighted by Crippen LogP contribution is 2.42. The molecule has 0 bridgehead atoms. The van der Waals surface area contributed by atoms with Crippen molar-refractivity contribution in [1.82, 2.24) is 20.2 Å². The Morgan fingerprint density at radius 2 is 2.02 bits per heavy atom. The van der Waals surface area contributed by atoms with E-state index in [9.17, 15) is 39.6 Å². The van der Waals surface area contributed by atoms with Gasteiger partial charge in [0.25, 0.3) is 17.0 Å². The Kier molecular flexibility index (Phi) is 8.68. The number of nitrogens with one attached hydrogen (secondary N) is 1. The van der Waals surface area contributed by atoms with Crippen LogP contribution in [0.5, 0.6) is 11.5 Å². The number of aromatic hydroxyl groups is 2. The Balaban J connectivity index is 1.29. The van der Waals surface area contributed by atoms with Crippen molar-refractivity contribution < 1.29 is 48.9 Å². The van der Waals surface area contributed by atoms with E-state index in [1.54, 1.807) is 0 Å². The molecule has 2 amide bonds. The normalized spacial score (nSPS) is 18.3. The Hall–Kier alpha value is -4.75. The maximum atomic E-state index is 13.2. The molecule has 0 saturated carbocycles. The molecule has 2 atom stereocenters. The van der Waals surface area contributed by atoms with Crippen molar-refractivity contribution in [2.24, 2.45) is 5.16 Å². The van der Waals surface area contributed by atoms with Gasteiger partial charge in [0, 0.05) is 22.4 Å². The first kappa shape index (κ1) is 31.7. The summed E-state index contributed by atoms with van der Waals surface area (Å²) in [6.45, 7) is 2.46. The lowest BCUT2D eigenvalue weighted by Crippen LogP contribution is -2.71. The number of hydrogen-bond acceptors (Lipinski definition) is 15. The maximum Gasteiger partial charge on any atom is 0.352 e. The molecule has 3 aromatic rings. The van der Waals surface area contributed by atoms with Gasteiger partial charge >= 0.3 is 11.9 Å². The molecule has 1 saturated heterocycles. The van der Waals surface area contributed by atoms with Crippen LogP contribution in [-0.4, -0.2) is 93.3 Å². The molecule has 45 heavy (non-hydrogen) atoms. The van der Waals surface area contributed by atoms with Gasteiger partial charge < -0.3 is 40.7 Å². The van der Waals surface area contributed by atoms with Gasteiger partial charge in [0.2, 0.25) is 5.60 Å². The molecular weight excluding hydrogens is 653 g/mol. The van der Waals surface area contributed by atoms with Crippen molar-refractivity contribution >= 4 is 69.5 Å². The molecule has 16 nitrogen and oxygen atoms in total. The van der Waals surface area contributed by atoms with E-state index in [1.807, 2.05) is 0 Å². The number of benzene rings is 1. The highest BCUT2D eigenvalue weighted by Gasteiger charge is 2.54. The third kappa shape index (κ3) is 6.40. The number of β-lactam (4-membered cyclic amide) rings is 1. The predicted molar refractivity (Wildman–Crippen MR) is 162 cm³/mol. The lowest BCUT2D eigenvalue weighted by Gasteiger charge is -2.49. The molecule has 1 fully saturated rings. The van der Waals surface area contributed by atoms with E-state index in [1.165, 1.54) is 55.4 Å². The van der Waals surface area contributed by atoms with Gasteiger partial charge in [-0.25, -0.2) is 19.6 Å². The number of thiazole rings is 1. The maximum absolute atomic E-state index is 13.2. The zero-order chi connectivity index (χ0) is 32.6. The molecule has 5 rings (SSSR count). The first-order valence-electron chi connectivity index (χ1n) is 12.8. The topological polar surface area (TPSA) is 251 Å². The minimum Gasteiger partial charge on any atom is -0.504 e. The number of phenols is 2. The quantitative estimate of drug-likeness (QED) is 0.0558. The molecule has 2 aliphatic heterocycles. The number of nitrogens with zero attached hydrogens (tertiary/aromatic N) is 4. The number of carbonyl (C=O) groups excluding carboxylic acids is 2. The third-order valence-electron chi connectivity index (χ3n) is 6.51. The number of aromatic nitrogens is 2. The zero-order valence-electron chi connectivity index (χ0n) is 23.3. The van der Waals surface area contributed by atoms with Crippen LogP contribution in [0.3, 0.4) is 0 Å². The Labute approximate surface area is 266 Å². The summed E-state index contributed by atoms with van der Waals surface area (Å²) in [5, 5.41) is 45.8. The van der Waals surface area contributed by atoms with Crippen LogP contribution in [-0.2, 0) is 24.0 Å². The van der Waals surface area contributed by atoms with Gasteiger partial charge in [-0.15, -0.1) is 23.1 Å². The van der Waals surface area contributed by atoms with Crippen LogP contribution in [0.4, 0.5) is 5.13 Å². The lowest BCUT2D eigenvalue weighted by molar-refractivity contribution is -0.161. The number of amides is 2. The molecule has 0 aliphatic carbocycles. The number of phenolic OH excluding ortho intramolecular Hbond substituents is 2. The number of carboxylic acid groups (broad SMARTS) is 2. The first-order valence-corrected chi connectivity index (χ1v) is 15.7. The molecule has 2 aliphatic rings. The van der Waals surface area contributed by atoms with Crippen LogP contribution in [0.15, 0.2) is 55.8 Å². The van der Waals surface area contributed by atoms with Crippen molar-refractivity contribution in [2.45, 2.75) is 36.1 Å². The SMILES string of the molecule is CC(C)(O/N=C(\C(=O)N[C@@H]1C(=O)N2C(C(=O)O)=C(CSc3ncc(-c4ccc(O)c(O)c4)o3)CS[C@H]12)c1csc(N)n1)C(=O)O. The number of hydrogen-bond donors (Lipinski definition) is 6. The smallest absolute Gasteiger partial charge is 0.352 e. The summed E-state index contributed by atoms with van der Waals surface area (Å²) in [5.74, 6) is -4.20. The van der Waals surface area contributed by atoms with Crippen molar-refractivity contribution in [1.29, 1.82) is 0 Å². The van der Waals surface area contributed by atoms with Gasteiger partial charge in [0.1, 0.15) is 22.8 Å². The lowest BCUT2D eigenvalue weighted by atomic mass is 10.0. The van der Waals surface area contributed by atoms with Crippen LogP contribution < -0.4 is 11.1 Å². The van der Waals surface area contributed by atoms with E-state index in [4.69, 9.17) is 15.0 Å². The highest BCUT2D eigenvalue weighted by molar-refractivity contribution is 8.01. The largest absolute Gasteiger partial charge is 0.504 e. The van der Waals surface area contributed by atoms with E-state index >= 15 is 0 Å². The fourth-order valence-electron chi connectivity index (χ4n) is 4.09. The van der Waals surface area contributed by atoms with Crippen LogP contribution in [0.25, 0.3) is 11.3 Å². The second-order valence-corrected chi connectivity index (χ2v) is 12.9. The average Bonchev–Trinajstić information content (AvgIpc) is 3.64. The Morgan fingerprint density at radius 1 is 1.27 bits per heavy atom. The van der Waals surface area contributed by atoms with Crippen LogP contribution in [0, 0.1) is 0 Å². The summed E-state index contributed by atoms with van der Waals surface area (Å²) in [6.07, 6.45) is 1.42. The van der Waals surface area contributed by atoms with Crippen molar-refractivity contribution in [3.05, 3.63) is 46.7 Å². The number of thioether (sulfide) groups is 2. The van der Waals surface area contributed by atoms with Crippen LogP contribution >= 0.6 is 34.9 Å². The minimum absolute atomic E-state index is 0.00143. The van der Waals surface area contributed by atoms with Gasteiger partial charge in [-0.1, -0.05) is 16.9 Å². The molecule has 7 N–H and O–H groups in total. The second kappa shape index (κ2) is 12.3. The van der Waals surface area contributed by atoms with Gasteiger partial charge in [-0.05, 0) is 37.6 Å². The number of nitrogen functional groups attached to an aromatic ring is 1. The summed E-state index contributed by atoms with van der Waals surface area (Å²) in [7, 11) is 0. The standard InChI is InChI=1S/C26H24N6O10S3/c1-26(2,23(39)40)42-31-16(12-9-44-24(27)29-12)19(35)30-17-20(36)32-18(22(37)38)11(7-43-21(17)32)8-45-25-28-6-15(41-25)10-3-4-13(33)14(34)5-10/h3-6,9,17,21,33-34H,7-8H2,1-2H3,(H2,27,29)(H,30,35)(H,37,38)(H,39,40)/b31-16-/t17-,21-/m1/s1. The highest BCUT2D eigenvalue weighted by atomic mass is 32.2. The number of nitrogens with two attached hydrogens (primary N) is 1. The summed E-state index contributed by atoms with van der Waals surface area (Å²) in [4.78, 5) is 64.5. The van der Waals surface area contributed by atoms with Crippen molar-refractivity contribution in [3.63, 3.8) is 0 Å². The number of anilines is 1. The number of oxazole rings is 1. The molecule has 0 unspecified atom stereocenters. The fraction of sp³-hybridized carbons (Fsp3) is 0.269. The fourth-order valence-corrected chi connectivity index (χ4v) is 6.92. The average molecular weight is 677 g/mol. The number of carboxylic acids is 2. The van der Waals surface area contributed by atoms with E-state index in [0.29, 0.717) is 16.9 Å². The second-order valence-electron chi connectivity index (χ2n) is 10.0. The minimum atomic E-state index is -1.79. The van der Waals surface area contributed by atoms with Gasteiger partial charge in [-0.2, -0.15) is 0 Å². The van der Waals surface area contributed by atoms with Crippen molar-refractivity contribution in [2.75, 3.05) is 17.2 Å². The summed E-state index contributed by atoms with van der Waals surface area (Å²) < 4.78 is 5.70. The van der Waals surface area contributed by atoms with Crippen molar-refractivity contribution in [3.8, 4) is 22.8 Å².